The fourth-order valence-corrected chi connectivity index (χ4v) is 6.69. The maximum absolute atomic E-state index is 13.0. The molecule has 2 N–H and O–H groups in total. The Balaban J connectivity index is 1.59. The van der Waals surface area contributed by atoms with Gasteiger partial charge >= 0.3 is 0 Å². The minimum Gasteiger partial charge on any atom is -0.390 e. The summed E-state index contributed by atoms with van der Waals surface area (Å²) in [5, 5.41) is 10.9. The van der Waals surface area contributed by atoms with Gasteiger partial charge in [-0.3, -0.25) is 4.79 Å². The minimum absolute atomic E-state index is 0.135. The average Bonchev–Trinajstić information content (AvgIpc) is 2.82. The van der Waals surface area contributed by atoms with E-state index in [-0.39, 0.29) is 17.4 Å². The summed E-state index contributed by atoms with van der Waals surface area (Å²) >= 11 is 6.08. The Hall–Kier alpha value is -0.320. The standard InChI is InChI=1S/C17H27ClN2O2/c1-11-2-3-20(9-11)15(21)14(19-18)16-5-12-4-13(6-16)8-17(22,7-12)10-16/h11-14,19,22H,2-10H2,1H3/t11?,12?,13?,14-,16?,17?/m1/s1. The van der Waals surface area contributed by atoms with Crippen LogP contribution in [0.25, 0.3) is 0 Å². The first-order valence-electron chi connectivity index (χ1n) is 8.80. The van der Waals surface area contributed by atoms with Gasteiger partial charge in [0.2, 0.25) is 5.91 Å². The van der Waals surface area contributed by atoms with Crippen molar-refractivity contribution in [3.63, 3.8) is 0 Å². The van der Waals surface area contributed by atoms with Gasteiger partial charge in [-0.15, -0.1) is 0 Å². The van der Waals surface area contributed by atoms with Crippen molar-refractivity contribution in [2.75, 3.05) is 13.1 Å². The van der Waals surface area contributed by atoms with Crippen molar-refractivity contribution < 1.29 is 9.90 Å². The molecule has 5 fully saturated rings. The third-order valence-corrected chi connectivity index (χ3v) is 7.00. The van der Waals surface area contributed by atoms with Gasteiger partial charge in [-0.2, -0.15) is 0 Å². The van der Waals surface area contributed by atoms with Crippen molar-refractivity contribution in [3.05, 3.63) is 0 Å². The monoisotopic (exact) mass is 326 g/mol. The number of likely N-dealkylation sites (tertiary alicyclic amines) is 1. The van der Waals surface area contributed by atoms with Crippen molar-refractivity contribution in [3.8, 4) is 0 Å². The molecule has 1 saturated heterocycles. The summed E-state index contributed by atoms with van der Waals surface area (Å²) < 4.78 is 0. The molecule has 5 heteroatoms. The Labute approximate surface area is 137 Å². The highest BCUT2D eigenvalue weighted by molar-refractivity contribution is 6.15. The zero-order valence-corrected chi connectivity index (χ0v) is 14.1. The van der Waals surface area contributed by atoms with Crippen LogP contribution in [0.1, 0.15) is 51.9 Å². The molecule has 0 aromatic heterocycles. The number of hydrogen-bond donors (Lipinski definition) is 2. The van der Waals surface area contributed by atoms with Gasteiger partial charge in [0.1, 0.15) is 6.04 Å². The number of nitrogens with zero attached hydrogens (tertiary/aromatic N) is 1. The first kappa shape index (κ1) is 15.2. The molecule has 3 unspecified atom stereocenters. The second-order valence-electron chi connectivity index (χ2n) is 8.77. The molecule has 1 aliphatic heterocycles. The van der Waals surface area contributed by atoms with Crippen LogP contribution >= 0.6 is 11.8 Å². The van der Waals surface area contributed by atoms with Crippen LogP contribution < -0.4 is 4.84 Å². The molecule has 0 aromatic rings. The Kier molecular flexibility index (Phi) is 3.52. The Morgan fingerprint density at radius 1 is 1.32 bits per heavy atom. The lowest BCUT2D eigenvalue weighted by Crippen LogP contribution is -2.64. The molecule has 4 bridgehead atoms. The van der Waals surface area contributed by atoms with Gasteiger partial charge in [0.05, 0.1) is 5.60 Å². The number of hydrogen-bond acceptors (Lipinski definition) is 3. The summed E-state index contributed by atoms with van der Waals surface area (Å²) in [5.74, 6) is 1.89. The van der Waals surface area contributed by atoms with Gasteiger partial charge in [-0.05, 0) is 79.9 Å². The summed E-state index contributed by atoms with van der Waals surface area (Å²) in [6.45, 7) is 3.90. The molecule has 0 aromatic carbocycles. The molecule has 5 rings (SSSR count). The minimum atomic E-state index is -0.547. The summed E-state index contributed by atoms with van der Waals surface area (Å²) in [6, 6.07) is -0.336. The maximum Gasteiger partial charge on any atom is 0.241 e. The molecule has 4 atom stereocenters. The van der Waals surface area contributed by atoms with E-state index in [1.807, 2.05) is 4.90 Å². The molecule has 0 spiro atoms. The first-order chi connectivity index (χ1) is 10.4. The van der Waals surface area contributed by atoms with E-state index < -0.39 is 5.60 Å². The summed E-state index contributed by atoms with van der Waals surface area (Å²) in [7, 11) is 0. The smallest absolute Gasteiger partial charge is 0.241 e. The molecule has 4 aliphatic carbocycles. The van der Waals surface area contributed by atoms with Crippen LogP contribution in [-0.4, -0.2) is 40.6 Å². The van der Waals surface area contributed by atoms with Crippen molar-refractivity contribution in [2.45, 2.75) is 63.5 Å². The highest BCUT2D eigenvalue weighted by atomic mass is 35.5. The molecule has 1 amide bonds. The van der Waals surface area contributed by atoms with Crippen molar-refractivity contribution >= 4 is 17.7 Å². The first-order valence-corrected chi connectivity index (χ1v) is 9.18. The van der Waals surface area contributed by atoms with Gasteiger partial charge in [0.25, 0.3) is 0 Å². The second kappa shape index (κ2) is 5.09. The molecular formula is C17H27ClN2O2. The molecule has 5 aliphatic rings. The number of aliphatic hydroxyl groups is 1. The average molecular weight is 327 g/mol. The van der Waals surface area contributed by atoms with Crippen LogP contribution in [0.2, 0.25) is 0 Å². The van der Waals surface area contributed by atoms with Crippen molar-refractivity contribution in [1.82, 2.24) is 9.74 Å². The van der Waals surface area contributed by atoms with Crippen LogP contribution in [0.3, 0.4) is 0 Å². The summed E-state index contributed by atoms with van der Waals surface area (Å²) in [5.41, 5.74) is -0.682. The van der Waals surface area contributed by atoms with Crippen LogP contribution in [0, 0.1) is 23.2 Å². The van der Waals surface area contributed by atoms with E-state index >= 15 is 0 Å². The van der Waals surface area contributed by atoms with Crippen molar-refractivity contribution in [1.29, 1.82) is 0 Å². The van der Waals surface area contributed by atoms with E-state index in [0.717, 1.165) is 51.6 Å². The Bertz CT molecular complexity index is 469. The lowest BCUT2D eigenvalue weighted by molar-refractivity contribution is -0.178. The van der Waals surface area contributed by atoms with E-state index in [0.29, 0.717) is 17.8 Å². The van der Waals surface area contributed by atoms with E-state index in [2.05, 4.69) is 11.8 Å². The van der Waals surface area contributed by atoms with Gasteiger partial charge in [-0.1, -0.05) is 6.92 Å². The number of rotatable bonds is 3. The Morgan fingerprint density at radius 3 is 2.50 bits per heavy atom. The lowest BCUT2D eigenvalue weighted by atomic mass is 9.46. The predicted octanol–water partition coefficient (Wildman–Crippen LogP) is 2.30. The van der Waals surface area contributed by atoms with Gasteiger partial charge < -0.3 is 10.0 Å². The highest BCUT2D eigenvalue weighted by Gasteiger charge is 2.61. The van der Waals surface area contributed by atoms with Crippen LogP contribution in [0.5, 0.6) is 0 Å². The molecule has 22 heavy (non-hydrogen) atoms. The quantitative estimate of drug-likeness (QED) is 0.782. The molecule has 124 valence electrons. The zero-order valence-electron chi connectivity index (χ0n) is 13.4. The van der Waals surface area contributed by atoms with Crippen molar-refractivity contribution in [2.24, 2.45) is 23.2 Å². The molecule has 4 saturated carbocycles. The number of amides is 1. The molecule has 1 heterocycles. The topological polar surface area (TPSA) is 52.6 Å². The van der Waals surface area contributed by atoms with E-state index in [4.69, 9.17) is 11.8 Å². The third kappa shape index (κ3) is 2.30. The fraction of sp³-hybridized carbons (Fsp3) is 0.941. The number of halogens is 1. The number of nitrogens with one attached hydrogen (secondary N) is 1. The van der Waals surface area contributed by atoms with Gasteiger partial charge in [0.15, 0.2) is 0 Å². The molecular weight excluding hydrogens is 300 g/mol. The summed E-state index contributed by atoms with van der Waals surface area (Å²) in [6.07, 6.45) is 7.00. The largest absolute Gasteiger partial charge is 0.390 e. The fourth-order valence-electron chi connectivity index (χ4n) is 6.36. The summed E-state index contributed by atoms with van der Waals surface area (Å²) in [4.78, 5) is 17.9. The van der Waals surface area contributed by atoms with E-state index in [9.17, 15) is 9.90 Å². The third-order valence-electron chi connectivity index (χ3n) is 6.78. The number of carbonyl (C=O) groups excluding carboxylic acids is 1. The Morgan fingerprint density at radius 2 is 2.00 bits per heavy atom. The zero-order chi connectivity index (χ0) is 15.5. The van der Waals surface area contributed by atoms with E-state index in [1.54, 1.807) is 0 Å². The highest BCUT2D eigenvalue weighted by Crippen LogP contribution is 2.63. The molecule has 0 radical (unpaired) electrons. The lowest BCUT2D eigenvalue weighted by Gasteiger charge is -2.62. The van der Waals surface area contributed by atoms with Gasteiger partial charge in [-0.25, -0.2) is 4.84 Å². The van der Waals surface area contributed by atoms with Crippen LogP contribution in [0.15, 0.2) is 0 Å². The van der Waals surface area contributed by atoms with Gasteiger partial charge in [0, 0.05) is 13.1 Å². The van der Waals surface area contributed by atoms with E-state index in [1.165, 1.54) is 6.42 Å². The number of carbonyl (C=O) groups is 1. The van der Waals surface area contributed by atoms with Crippen LogP contribution in [0.4, 0.5) is 0 Å². The second-order valence-corrected chi connectivity index (χ2v) is 8.99. The normalized spacial score (nSPS) is 48.0. The van der Waals surface area contributed by atoms with Crippen LogP contribution in [-0.2, 0) is 4.79 Å². The maximum atomic E-state index is 13.0. The predicted molar refractivity (Wildman–Crippen MR) is 85.2 cm³/mol. The SMILES string of the molecule is CC1CCN(C(=O)[C@@H](NCl)C23CC4CC(CC(O)(C4)C2)C3)C1. The molecule has 4 nitrogen and oxygen atoms in total.